The highest BCUT2D eigenvalue weighted by atomic mass is 16.3. The molecule has 4 heteroatoms. The van der Waals surface area contributed by atoms with Gasteiger partial charge in [-0.3, -0.25) is 0 Å². The number of hydrogen-bond acceptors (Lipinski definition) is 2. The number of nitrogens with zero attached hydrogens (tertiary/aromatic N) is 1. The average molecular weight is 226 g/mol. The van der Waals surface area contributed by atoms with Crippen molar-refractivity contribution in [3.05, 3.63) is 0 Å². The molecule has 2 rings (SSSR count). The smallest absolute Gasteiger partial charge is 0.317 e. The Bertz CT molecular complexity index is 239. The van der Waals surface area contributed by atoms with Crippen LogP contribution in [0, 0.1) is 5.92 Å². The molecule has 1 aliphatic heterocycles. The minimum absolute atomic E-state index is 0.0811. The van der Waals surface area contributed by atoms with Crippen molar-refractivity contribution in [3.63, 3.8) is 0 Å². The standard InChI is InChI=1S/C12H22N2O2/c15-11-5-3-4-10(8-11)9-13-12(16)14-6-1-2-7-14/h10-11,15H,1-9H2,(H,13,16). The number of hydrogen-bond donors (Lipinski definition) is 2. The van der Waals surface area contributed by atoms with E-state index in [1.54, 1.807) is 0 Å². The number of carbonyl (C=O) groups excluding carboxylic acids is 1. The second kappa shape index (κ2) is 5.53. The van der Waals surface area contributed by atoms with E-state index in [9.17, 15) is 9.90 Å². The summed E-state index contributed by atoms with van der Waals surface area (Å²) in [5.41, 5.74) is 0. The molecule has 4 nitrogen and oxygen atoms in total. The Hall–Kier alpha value is -0.770. The summed E-state index contributed by atoms with van der Waals surface area (Å²) < 4.78 is 0. The first kappa shape index (κ1) is 11.7. The molecule has 0 bridgehead atoms. The molecule has 0 aromatic rings. The first-order chi connectivity index (χ1) is 7.75. The van der Waals surface area contributed by atoms with Crippen LogP contribution in [-0.2, 0) is 0 Å². The topological polar surface area (TPSA) is 52.6 Å². The number of nitrogens with one attached hydrogen (secondary N) is 1. The fourth-order valence-corrected chi connectivity index (χ4v) is 2.71. The third kappa shape index (κ3) is 3.11. The molecule has 0 radical (unpaired) electrons. The van der Waals surface area contributed by atoms with E-state index in [4.69, 9.17) is 0 Å². The van der Waals surface area contributed by atoms with Crippen molar-refractivity contribution < 1.29 is 9.90 Å². The molecule has 2 N–H and O–H groups in total. The van der Waals surface area contributed by atoms with E-state index in [0.717, 1.165) is 58.2 Å². The summed E-state index contributed by atoms with van der Waals surface area (Å²) in [5.74, 6) is 0.468. The summed E-state index contributed by atoms with van der Waals surface area (Å²) in [6, 6.07) is 0.0811. The Kier molecular flexibility index (Phi) is 4.04. The van der Waals surface area contributed by atoms with Crippen LogP contribution in [0.3, 0.4) is 0 Å². The number of likely N-dealkylation sites (tertiary alicyclic amines) is 1. The maximum Gasteiger partial charge on any atom is 0.317 e. The summed E-state index contributed by atoms with van der Waals surface area (Å²) in [4.78, 5) is 13.6. The molecule has 0 spiro atoms. The third-order valence-corrected chi connectivity index (χ3v) is 3.69. The van der Waals surface area contributed by atoms with Gasteiger partial charge in [-0.25, -0.2) is 4.79 Å². The lowest BCUT2D eigenvalue weighted by Gasteiger charge is -2.26. The summed E-state index contributed by atoms with van der Waals surface area (Å²) in [7, 11) is 0. The van der Waals surface area contributed by atoms with Gasteiger partial charge >= 0.3 is 6.03 Å². The van der Waals surface area contributed by atoms with Gasteiger partial charge in [0.05, 0.1) is 6.10 Å². The van der Waals surface area contributed by atoms with Gasteiger partial charge in [-0.15, -0.1) is 0 Å². The Morgan fingerprint density at radius 1 is 1.25 bits per heavy atom. The van der Waals surface area contributed by atoms with E-state index in [1.807, 2.05) is 4.90 Å². The second-order valence-electron chi connectivity index (χ2n) is 5.07. The van der Waals surface area contributed by atoms with Crippen molar-refractivity contribution in [2.45, 2.75) is 44.6 Å². The molecule has 2 atom stereocenters. The van der Waals surface area contributed by atoms with Gasteiger partial charge in [0.25, 0.3) is 0 Å². The van der Waals surface area contributed by atoms with Crippen molar-refractivity contribution >= 4 is 6.03 Å². The molecule has 2 unspecified atom stereocenters. The van der Waals surface area contributed by atoms with Crippen molar-refractivity contribution in [1.29, 1.82) is 0 Å². The van der Waals surface area contributed by atoms with Gasteiger partial charge in [0.1, 0.15) is 0 Å². The maximum absolute atomic E-state index is 11.7. The zero-order valence-corrected chi connectivity index (χ0v) is 9.82. The molecule has 2 aliphatic rings. The predicted molar refractivity (Wildman–Crippen MR) is 62.2 cm³/mol. The summed E-state index contributed by atoms with van der Waals surface area (Å²) >= 11 is 0. The number of aliphatic hydroxyl groups is 1. The van der Waals surface area contributed by atoms with Crippen LogP contribution in [-0.4, -0.2) is 41.8 Å². The highest BCUT2D eigenvalue weighted by Crippen LogP contribution is 2.23. The van der Waals surface area contributed by atoms with Gasteiger partial charge in [0, 0.05) is 19.6 Å². The number of urea groups is 1. The normalized spacial score (nSPS) is 30.4. The fourth-order valence-electron chi connectivity index (χ4n) is 2.71. The van der Waals surface area contributed by atoms with Gasteiger partial charge in [-0.2, -0.15) is 0 Å². The molecular weight excluding hydrogens is 204 g/mol. The second-order valence-corrected chi connectivity index (χ2v) is 5.07. The molecule has 2 fully saturated rings. The highest BCUT2D eigenvalue weighted by molar-refractivity contribution is 5.74. The molecule has 2 amide bonds. The maximum atomic E-state index is 11.7. The lowest BCUT2D eigenvalue weighted by molar-refractivity contribution is 0.100. The predicted octanol–water partition coefficient (Wildman–Crippen LogP) is 1.34. The SMILES string of the molecule is O=C(NCC1CCCC(O)C1)N1CCCC1. The number of aliphatic hydroxyl groups excluding tert-OH is 1. The molecule has 1 heterocycles. The van der Waals surface area contributed by atoms with Crippen molar-refractivity contribution in [1.82, 2.24) is 10.2 Å². The van der Waals surface area contributed by atoms with Crippen LogP contribution in [0.2, 0.25) is 0 Å². The number of rotatable bonds is 2. The van der Waals surface area contributed by atoms with Crippen LogP contribution in [0.25, 0.3) is 0 Å². The lowest BCUT2D eigenvalue weighted by atomic mass is 9.87. The minimum atomic E-state index is -0.151. The molecular formula is C12H22N2O2. The highest BCUT2D eigenvalue weighted by Gasteiger charge is 2.22. The van der Waals surface area contributed by atoms with Crippen LogP contribution in [0.1, 0.15) is 38.5 Å². The Balaban J connectivity index is 1.67. The summed E-state index contributed by atoms with van der Waals surface area (Å²) in [5, 5.41) is 12.5. The molecule has 16 heavy (non-hydrogen) atoms. The van der Waals surface area contributed by atoms with Crippen LogP contribution < -0.4 is 5.32 Å². The molecule has 1 saturated carbocycles. The monoisotopic (exact) mass is 226 g/mol. The van der Waals surface area contributed by atoms with E-state index in [-0.39, 0.29) is 12.1 Å². The van der Waals surface area contributed by atoms with Gasteiger partial charge in [-0.1, -0.05) is 6.42 Å². The van der Waals surface area contributed by atoms with Crippen molar-refractivity contribution in [2.24, 2.45) is 5.92 Å². The van der Waals surface area contributed by atoms with Crippen molar-refractivity contribution in [3.8, 4) is 0 Å². The van der Waals surface area contributed by atoms with E-state index in [0.29, 0.717) is 5.92 Å². The van der Waals surface area contributed by atoms with E-state index in [1.165, 1.54) is 0 Å². The van der Waals surface area contributed by atoms with E-state index in [2.05, 4.69) is 5.32 Å². The first-order valence-corrected chi connectivity index (χ1v) is 6.46. The van der Waals surface area contributed by atoms with E-state index >= 15 is 0 Å². The largest absolute Gasteiger partial charge is 0.393 e. The average Bonchev–Trinajstić information content (AvgIpc) is 2.79. The number of amides is 2. The molecule has 1 saturated heterocycles. The van der Waals surface area contributed by atoms with Crippen LogP contribution >= 0.6 is 0 Å². The zero-order chi connectivity index (χ0) is 11.4. The van der Waals surface area contributed by atoms with Gasteiger partial charge in [0.2, 0.25) is 0 Å². The third-order valence-electron chi connectivity index (χ3n) is 3.69. The van der Waals surface area contributed by atoms with Gasteiger partial charge in [0.15, 0.2) is 0 Å². The minimum Gasteiger partial charge on any atom is -0.393 e. The quantitative estimate of drug-likeness (QED) is 0.746. The lowest BCUT2D eigenvalue weighted by Crippen LogP contribution is -2.41. The van der Waals surface area contributed by atoms with Gasteiger partial charge < -0.3 is 15.3 Å². The Morgan fingerprint density at radius 3 is 2.69 bits per heavy atom. The zero-order valence-electron chi connectivity index (χ0n) is 9.82. The first-order valence-electron chi connectivity index (χ1n) is 6.46. The van der Waals surface area contributed by atoms with Crippen molar-refractivity contribution in [2.75, 3.05) is 19.6 Å². The van der Waals surface area contributed by atoms with Gasteiger partial charge in [-0.05, 0) is 38.0 Å². The van der Waals surface area contributed by atoms with Crippen LogP contribution in [0.4, 0.5) is 4.79 Å². The molecule has 0 aromatic carbocycles. The molecule has 0 aromatic heterocycles. The van der Waals surface area contributed by atoms with E-state index < -0.39 is 0 Å². The molecule has 92 valence electrons. The van der Waals surface area contributed by atoms with Crippen LogP contribution in [0.5, 0.6) is 0 Å². The molecule has 1 aliphatic carbocycles. The summed E-state index contributed by atoms with van der Waals surface area (Å²) in [6.07, 6.45) is 6.12. The Labute approximate surface area is 97.0 Å². The van der Waals surface area contributed by atoms with Crippen LogP contribution in [0.15, 0.2) is 0 Å². The fraction of sp³-hybridized carbons (Fsp3) is 0.917. The number of carbonyl (C=O) groups is 1. The summed E-state index contributed by atoms with van der Waals surface area (Å²) in [6.45, 7) is 2.53. The Morgan fingerprint density at radius 2 is 2.00 bits per heavy atom.